The predicted molar refractivity (Wildman–Crippen MR) is 136 cm³/mol. The van der Waals surface area contributed by atoms with Gasteiger partial charge in [-0.2, -0.15) is 10.4 Å². The summed E-state index contributed by atoms with van der Waals surface area (Å²) in [7, 11) is 0. The molecule has 1 aliphatic heterocycles. The Morgan fingerprint density at radius 3 is 2.73 bits per heavy atom. The van der Waals surface area contributed by atoms with Gasteiger partial charge in [0.05, 0.1) is 18.5 Å². The Morgan fingerprint density at radius 2 is 1.95 bits per heavy atom. The third-order valence-electron chi connectivity index (χ3n) is 6.83. The Bertz CT molecular complexity index is 1280. The van der Waals surface area contributed by atoms with Crippen LogP contribution in [0.5, 0.6) is 5.75 Å². The molecule has 1 saturated heterocycles. The second-order valence-corrected chi connectivity index (χ2v) is 9.46. The number of rotatable bonds is 9. The summed E-state index contributed by atoms with van der Waals surface area (Å²) in [5.41, 5.74) is 1.28. The van der Waals surface area contributed by atoms with Crippen LogP contribution in [0.15, 0.2) is 54.6 Å². The lowest BCUT2D eigenvalue weighted by Gasteiger charge is -2.34. The van der Waals surface area contributed by atoms with Gasteiger partial charge in [-0.1, -0.05) is 30.3 Å². The summed E-state index contributed by atoms with van der Waals surface area (Å²) in [4.78, 5) is 34.5. The number of carbonyl (C=O) groups is 2. The zero-order valence-corrected chi connectivity index (χ0v) is 20.7. The molecule has 2 amide bonds. The van der Waals surface area contributed by atoms with E-state index in [1.165, 1.54) is 0 Å². The van der Waals surface area contributed by atoms with Crippen LogP contribution in [0.2, 0.25) is 0 Å². The van der Waals surface area contributed by atoms with E-state index in [0.717, 1.165) is 37.7 Å². The number of nitrogens with one attached hydrogen (secondary N) is 1. The van der Waals surface area contributed by atoms with Crippen LogP contribution in [0.1, 0.15) is 60.7 Å². The van der Waals surface area contributed by atoms with Crippen molar-refractivity contribution in [1.82, 2.24) is 25.0 Å². The third kappa shape index (κ3) is 5.80. The van der Waals surface area contributed by atoms with Crippen molar-refractivity contribution in [3.63, 3.8) is 0 Å². The first-order chi connectivity index (χ1) is 18.1. The van der Waals surface area contributed by atoms with E-state index < -0.39 is 0 Å². The van der Waals surface area contributed by atoms with Gasteiger partial charge in [0.15, 0.2) is 12.4 Å². The first kappa shape index (κ1) is 24.5. The SMILES string of the molecule is N#CCCN(C(=O)c1cccc(-c2n[nH]c(C3CCCCN3C(=O)COc3ccccc3)n2)c1)C1CC1. The number of para-hydroxylation sites is 1. The summed E-state index contributed by atoms with van der Waals surface area (Å²) in [6, 6.07) is 18.7. The first-order valence-corrected chi connectivity index (χ1v) is 12.8. The quantitative estimate of drug-likeness (QED) is 0.474. The smallest absolute Gasteiger partial charge is 0.261 e. The Labute approximate surface area is 216 Å². The fourth-order valence-corrected chi connectivity index (χ4v) is 4.78. The highest BCUT2D eigenvalue weighted by molar-refractivity contribution is 5.95. The average Bonchev–Trinajstić information content (AvgIpc) is 3.67. The van der Waals surface area contributed by atoms with E-state index in [-0.39, 0.29) is 30.5 Å². The molecular weight excluding hydrogens is 468 g/mol. The highest BCUT2D eigenvalue weighted by Gasteiger charge is 2.33. The maximum atomic E-state index is 13.2. The molecule has 0 radical (unpaired) electrons. The Balaban J connectivity index is 1.30. The number of H-pyrrole nitrogens is 1. The number of hydrogen-bond donors (Lipinski definition) is 1. The van der Waals surface area contributed by atoms with E-state index in [1.807, 2.05) is 47.4 Å². The molecule has 1 saturated carbocycles. The van der Waals surface area contributed by atoms with Gasteiger partial charge in [-0.15, -0.1) is 0 Å². The lowest BCUT2D eigenvalue weighted by atomic mass is 10.0. The highest BCUT2D eigenvalue weighted by Crippen LogP contribution is 2.31. The number of ether oxygens (including phenoxy) is 1. The fourth-order valence-electron chi connectivity index (χ4n) is 4.78. The summed E-state index contributed by atoms with van der Waals surface area (Å²) in [6.45, 7) is 1.05. The zero-order chi connectivity index (χ0) is 25.6. The molecule has 2 aromatic carbocycles. The molecule has 1 aromatic heterocycles. The molecule has 5 rings (SSSR count). The van der Waals surface area contributed by atoms with Crippen molar-refractivity contribution in [2.45, 2.75) is 50.6 Å². The summed E-state index contributed by atoms with van der Waals surface area (Å²) in [5.74, 6) is 1.62. The number of benzene rings is 2. The molecule has 1 N–H and O–H groups in total. The standard InChI is InChI=1S/C28H30N6O3/c29-15-7-17-33(22-13-14-22)28(36)21-9-6-8-20(18-21)26-30-27(32-31-26)24-12-4-5-16-34(24)25(35)19-37-23-10-2-1-3-11-23/h1-3,6,8-11,18,22,24H,4-5,7,12-14,16-17,19H2,(H,30,31,32). The number of hydrogen-bond acceptors (Lipinski definition) is 6. The van der Waals surface area contributed by atoms with Gasteiger partial charge in [-0.3, -0.25) is 14.7 Å². The van der Waals surface area contributed by atoms with Crippen molar-refractivity contribution in [3.05, 3.63) is 66.0 Å². The van der Waals surface area contributed by atoms with E-state index in [2.05, 4.69) is 16.3 Å². The number of nitriles is 1. The average molecular weight is 499 g/mol. The monoisotopic (exact) mass is 498 g/mol. The maximum absolute atomic E-state index is 13.2. The second-order valence-electron chi connectivity index (χ2n) is 9.46. The molecule has 1 atom stereocenters. The molecule has 0 bridgehead atoms. The van der Waals surface area contributed by atoms with Crippen LogP contribution in [0.3, 0.4) is 0 Å². The minimum absolute atomic E-state index is 0.0328. The van der Waals surface area contributed by atoms with E-state index in [9.17, 15) is 9.59 Å². The number of likely N-dealkylation sites (tertiary alicyclic amines) is 1. The van der Waals surface area contributed by atoms with Gasteiger partial charge in [0, 0.05) is 30.3 Å². The minimum Gasteiger partial charge on any atom is -0.484 e. The van der Waals surface area contributed by atoms with Gasteiger partial charge in [-0.05, 0) is 56.4 Å². The Hall–Kier alpha value is -4.19. The highest BCUT2D eigenvalue weighted by atomic mass is 16.5. The van der Waals surface area contributed by atoms with Crippen LogP contribution in [-0.2, 0) is 4.79 Å². The molecule has 9 heteroatoms. The molecule has 190 valence electrons. The topological polar surface area (TPSA) is 115 Å². The normalized spacial score (nSPS) is 17.2. The summed E-state index contributed by atoms with van der Waals surface area (Å²) in [5, 5.41) is 16.4. The van der Waals surface area contributed by atoms with Crippen molar-refractivity contribution >= 4 is 11.8 Å². The maximum Gasteiger partial charge on any atom is 0.261 e. The van der Waals surface area contributed by atoms with Crippen molar-refractivity contribution in [3.8, 4) is 23.2 Å². The zero-order valence-electron chi connectivity index (χ0n) is 20.7. The number of carbonyl (C=O) groups excluding carboxylic acids is 2. The van der Waals surface area contributed by atoms with E-state index in [0.29, 0.717) is 42.5 Å². The van der Waals surface area contributed by atoms with E-state index in [4.69, 9.17) is 15.0 Å². The van der Waals surface area contributed by atoms with Gasteiger partial charge >= 0.3 is 0 Å². The lowest BCUT2D eigenvalue weighted by Crippen LogP contribution is -2.41. The summed E-state index contributed by atoms with van der Waals surface area (Å²) >= 11 is 0. The van der Waals surface area contributed by atoms with Crippen molar-refractivity contribution in [1.29, 1.82) is 5.26 Å². The van der Waals surface area contributed by atoms with Crippen LogP contribution in [0.4, 0.5) is 0 Å². The number of amides is 2. The van der Waals surface area contributed by atoms with E-state index >= 15 is 0 Å². The van der Waals surface area contributed by atoms with Gasteiger partial charge in [0.25, 0.3) is 11.8 Å². The van der Waals surface area contributed by atoms with Gasteiger partial charge in [0.1, 0.15) is 11.6 Å². The number of piperidine rings is 1. The lowest BCUT2D eigenvalue weighted by molar-refractivity contribution is -0.137. The van der Waals surface area contributed by atoms with E-state index in [1.54, 1.807) is 17.0 Å². The molecule has 0 spiro atoms. The Morgan fingerprint density at radius 1 is 1.11 bits per heavy atom. The molecule has 1 aliphatic carbocycles. The molecular formula is C28H30N6O3. The minimum atomic E-state index is -0.206. The molecule has 2 fully saturated rings. The number of aromatic amines is 1. The van der Waals surface area contributed by atoms with Crippen molar-refractivity contribution in [2.75, 3.05) is 19.7 Å². The van der Waals surface area contributed by atoms with Crippen LogP contribution in [0, 0.1) is 11.3 Å². The van der Waals surface area contributed by atoms with Crippen LogP contribution >= 0.6 is 0 Å². The van der Waals surface area contributed by atoms with Gasteiger partial charge < -0.3 is 14.5 Å². The molecule has 1 unspecified atom stereocenters. The molecule has 3 aromatic rings. The molecule has 2 aliphatic rings. The summed E-state index contributed by atoms with van der Waals surface area (Å²) in [6.07, 6.45) is 5.00. The largest absolute Gasteiger partial charge is 0.484 e. The molecule has 2 heterocycles. The van der Waals surface area contributed by atoms with Crippen molar-refractivity contribution < 1.29 is 14.3 Å². The number of aromatic nitrogens is 3. The van der Waals surface area contributed by atoms with Crippen LogP contribution in [0.25, 0.3) is 11.4 Å². The summed E-state index contributed by atoms with van der Waals surface area (Å²) < 4.78 is 5.69. The third-order valence-corrected chi connectivity index (χ3v) is 6.83. The number of nitrogens with zero attached hydrogens (tertiary/aromatic N) is 5. The first-order valence-electron chi connectivity index (χ1n) is 12.8. The molecule has 9 nitrogen and oxygen atoms in total. The predicted octanol–water partition coefficient (Wildman–Crippen LogP) is 4.12. The molecule has 37 heavy (non-hydrogen) atoms. The second kappa shape index (κ2) is 11.2. The van der Waals surface area contributed by atoms with Crippen molar-refractivity contribution in [2.24, 2.45) is 0 Å². The fraction of sp³-hybridized carbons (Fsp3) is 0.393. The van der Waals surface area contributed by atoms with Gasteiger partial charge in [-0.25, -0.2) is 4.98 Å². The van der Waals surface area contributed by atoms with Crippen LogP contribution in [-0.4, -0.2) is 62.5 Å². The Kier molecular flexibility index (Phi) is 7.45. The van der Waals surface area contributed by atoms with Gasteiger partial charge in [0.2, 0.25) is 0 Å². The van der Waals surface area contributed by atoms with Crippen LogP contribution < -0.4 is 4.74 Å².